The van der Waals surface area contributed by atoms with Gasteiger partial charge in [0.1, 0.15) is 0 Å². The van der Waals surface area contributed by atoms with Crippen LogP contribution in [0.2, 0.25) is 0 Å². The molecule has 0 heterocycles. The van der Waals surface area contributed by atoms with E-state index in [0.29, 0.717) is 19.5 Å². The Bertz CT molecular complexity index is 283. The zero-order chi connectivity index (χ0) is 15.9. The maximum atomic E-state index is 11.4. The molecule has 124 valence electrons. The van der Waals surface area contributed by atoms with Crippen LogP contribution in [0.25, 0.3) is 0 Å². The molecule has 0 saturated carbocycles. The quantitative estimate of drug-likeness (QED) is 0.456. The number of aliphatic carboxylic acids is 1. The average molecular weight is 302 g/mol. The molecule has 0 aliphatic rings. The zero-order valence-electron chi connectivity index (χ0n) is 13.3. The van der Waals surface area contributed by atoms with Crippen LogP contribution in [0.1, 0.15) is 58.8 Å². The molecule has 0 aliphatic carbocycles. The van der Waals surface area contributed by atoms with Crippen LogP contribution >= 0.6 is 0 Å². The van der Waals surface area contributed by atoms with Gasteiger partial charge < -0.3 is 20.5 Å². The van der Waals surface area contributed by atoms with Crippen LogP contribution in [0.3, 0.4) is 0 Å². The summed E-state index contributed by atoms with van der Waals surface area (Å²) >= 11 is 0. The monoisotopic (exact) mass is 302 g/mol. The highest BCUT2D eigenvalue weighted by molar-refractivity contribution is 5.73. The van der Waals surface area contributed by atoms with Crippen LogP contribution in [0, 0.1) is 0 Å². The Morgan fingerprint density at radius 1 is 0.952 bits per heavy atom. The molecule has 0 aromatic rings. The number of amides is 2. The first kappa shape index (κ1) is 19.7. The summed E-state index contributed by atoms with van der Waals surface area (Å²) in [4.78, 5) is 21.7. The molecule has 3 N–H and O–H groups in total. The van der Waals surface area contributed by atoms with Crippen LogP contribution < -0.4 is 10.6 Å². The Morgan fingerprint density at radius 3 is 2.10 bits per heavy atom. The van der Waals surface area contributed by atoms with Crippen LogP contribution in [0.4, 0.5) is 4.79 Å². The third kappa shape index (κ3) is 16.6. The van der Waals surface area contributed by atoms with Gasteiger partial charge in [-0.1, -0.05) is 12.8 Å². The fraction of sp³-hybridized carbons (Fsp3) is 0.867. The summed E-state index contributed by atoms with van der Waals surface area (Å²) in [5, 5.41) is 14.1. The van der Waals surface area contributed by atoms with Crippen molar-refractivity contribution >= 4 is 12.0 Å². The van der Waals surface area contributed by atoms with Crippen LogP contribution in [-0.2, 0) is 9.53 Å². The molecule has 0 radical (unpaired) electrons. The number of unbranched alkanes of at least 4 members (excludes halogenated alkanes) is 4. The summed E-state index contributed by atoms with van der Waals surface area (Å²) in [6.07, 6.45) is 5.78. The van der Waals surface area contributed by atoms with Gasteiger partial charge in [-0.05, 0) is 39.5 Å². The van der Waals surface area contributed by atoms with Gasteiger partial charge in [-0.3, -0.25) is 4.79 Å². The SMILES string of the molecule is CC(C)OCCCCNC(=O)NCCCCCCC(=O)O. The minimum Gasteiger partial charge on any atom is -0.481 e. The lowest BCUT2D eigenvalue weighted by molar-refractivity contribution is -0.137. The number of hydrogen-bond donors (Lipinski definition) is 3. The molecule has 0 rings (SSSR count). The predicted octanol–water partition coefficient (Wildman–Crippen LogP) is 2.53. The van der Waals surface area contributed by atoms with Crippen molar-refractivity contribution < 1.29 is 19.4 Å². The molecule has 0 aliphatic heterocycles. The normalized spacial score (nSPS) is 10.6. The number of carboxylic acids is 1. The highest BCUT2D eigenvalue weighted by Gasteiger charge is 2.00. The van der Waals surface area contributed by atoms with E-state index >= 15 is 0 Å². The molecule has 6 nitrogen and oxygen atoms in total. The Kier molecular flexibility index (Phi) is 12.8. The van der Waals surface area contributed by atoms with E-state index in [1.807, 2.05) is 13.8 Å². The molecular weight excluding hydrogens is 272 g/mol. The molecule has 0 saturated heterocycles. The Hall–Kier alpha value is -1.30. The molecule has 6 heteroatoms. The number of carbonyl (C=O) groups is 2. The van der Waals surface area contributed by atoms with Crippen molar-refractivity contribution in [1.82, 2.24) is 10.6 Å². The lowest BCUT2D eigenvalue weighted by atomic mass is 10.1. The molecule has 0 atom stereocenters. The van der Waals surface area contributed by atoms with E-state index in [2.05, 4.69) is 10.6 Å². The van der Waals surface area contributed by atoms with Crippen molar-refractivity contribution in [3.63, 3.8) is 0 Å². The first-order valence-corrected chi connectivity index (χ1v) is 7.87. The molecule has 0 fully saturated rings. The number of hydrogen-bond acceptors (Lipinski definition) is 3. The van der Waals surface area contributed by atoms with Gasteiger partial charge >= 0.3 is 12.0 Å². The van der Waals surface area contributed by atoms with Crippen LogP contribution in [0.5, 0.6) is 0 Å². The maximum absolute atomic E-state index is 11.4. The van der Waals surface area contributed by atoms with Crippen LogP contribution in [-0.4, -0.2) is 42.9 Å². The van der Waals surface area contributed by atoms with Crippen molar-refractivity contribution in [2.24, 2.45) is 0 Å². The average Bonchev–Trinajstić information content (AvgIpc) is 2.41. The van der Waals surface area contributed by atoms with Crippen molar-refractivity contribution in [3.05, 3.63) is 0 Å². The smallest absolute Gasteiger partial charge is 0.314 e. The Labute approximate surface area is 127 Å². The molecule has 0 bridgehead atoms. The van der Waals surface area contributed by atoms with Gasteiger partial charge in [0, 0.05) is 26.1 Å². The van der Waals surface area contributed by atoms with Gasteiger partial charge in [0.05, 0.1) is 6.10 Å². The van der Waals surface area contributed by atoms with E-state index in [9.17, 15) is 9.59 Å². The predicted molar refractivity (Wildman–Crippen MR) is 82.4 cm³/mol. The van der Waals surface area contributed by atoms with Crippen molar-refractivity contribution in [2.45, 2.75) is 64.9 Å². The number of urea groups is 1. The number of carbonyl (C=O) groups excluding carboxylic acids is 1. The summed E-state index contributed by atoms with van der Waals surface area (Å²) in [7, 11) is 0. The van der Waals surface area contributed by atoms with Crippen molar-refractivity contribution in [1.29, 1.82) is 0 Å². The third-order valence-corrected chi connectivity index (χ3v) is 2.91. The lowest BCUT2D eigenvalue weighted by Crippen LogP contribution is -2.36. The number of carboxylic acid groups (broad SMARTS) is 1. The number of nitrogens with one attached hydrogen (secondary N) is 2. The van der Waals surface area contributed by atoms with Gasteiger partial charge in [0.25, 0.3) is 0 Å². The summed E-state index contributed by atoms with van der Waals surface area (Å²) in [5.41, 5.74) is 0. The van der Waals surface area contributed by atoms with Crippen molar-refractivity contribution in [3.8, 4) is 0 Å². The number of ether oxygens (including phenoxy) is 1. The second-order valence-corrected chi connectivity index (χ2v) is 5.37. The number of rotatable bonds is 13. The standard InChI is InChI=1S/C15H30N2O4/c1-13(2)21-12-8-7-11-17-15(20)16-10-6-4-3-5-9-14(18)19/h13H,3-12H2,1-2H3,(H,18,19)(H2,16,17,20). The molecular formula is C15H30N2O4. The summed E-state index contributed by atoms with van der Waals surface area (Å²) in [6, 6.07) is -0.134. The second kappa shape index (κ2) is 13.7. The van der Waals surface area contributed by atoms with E-state index in [0.717, 1.165) is 38.7 Å². The lowest BCUT2D eigenvalue weighted by Gasteiger charge is -2.09. The molecule has 21 heavy (non-hydrogen) atoms. The zero-order valence-corrected chi connectivity index (χ0v) is 13.3. The summed E-state index contributed by atoms with van der Waals surface area (Å²) in [5.74, 6) is -0.744. The topological polar surface area (TPSA) is 87.7 Å². The minimum absolute atomic E-state index is 0.134. The molecule has 2 amide bonds. The van der Waals surface area contributed by atoms with E-state index in [-0.39, 0.29) is 18.6 Å². The van der Waals surface area contributed by atoms with E-state index < -0.39 is 5.97 Å². The Morgan fingerprint density at radius 2 is 1.52 bits per heavy atom. The van der Waals surface area contributed by atoms with E-state index in [1.165, 1.54) is 0 Å². The van der Waals surface area contributed by atoms with Crippen LogP contribution in [0.15, 0.2) is 0 Å². The van der Waals surface area contributed by atoms with Gasteiger partial charge in [0.15, 0.2) is 0 Å². The van der Waals surface area contributed by atoms with E-state index in [1.54, 1.807) is 0 Å². The molecule has 0 aromatic carbocycles. The van der Waals surface area contributed by atoms with E-state index in [4.69, 9.17) is 9.84 Å². The highest BCUT2D eigenvalue weighted by Crippen LogP contribution is 2.02. The maximum Gasteiger partial charge on any atom is 0.314 e. The fourth-order valence-corrected chi connectivity index (χ4v) is 1.77. The first-order chi connectivity index (χ1) is 10.0. The van der Waals surface area contributed by atoms with Gasteiger partial charge in [-0.15, -0.1) is 0 Å². The third-order valence-electron chi connectivity index (χ3n) is 2.91. The first-order valence-electron chi connectivity index (χ1n) is 7.87. The Balaban J connectivity index is 3.22. The largest absolute Gasteiger partial charge is 0.481 e. The highest BCUT2D eigenvalue weighted by atomic mass is 16.5. The van der Waals surface area contributed by atoms with Crippen molar-refractivity contribution in [2.75, 3.05) is 19.7 Å². The fourth-order valence-electron chi connectivity index (χ4n) is 1.77. The summed E-state index contributed by atoms with van der Waals surface area (Å²) < 4.78 is 5.41. The van der Waals surface area contributed by atoms with Gasteiger partial charge in [-0.25, -0.2) is 4.79 Å². The molecule has 0 unspecified atom stereocenters. The minimum atomic E-state index is -0.744. The molecule has 0 aromatic heterocycles. The second-order valence-electron chi connectivity index (χ2n) is 5.37. The van der Waals surface area contributed by atoms with Gasteiger partial charge in [-0.2, -0.15) is 0 Å². The molecule has 0 spiro atoms. The van der Waals surface area contributed by atoms with Gasteiger partial charge in [0.2, 0.25) is 0 Å². The summed E-state index contributed by atoms with van der Waals surface area (Å²) in [6.45, 7) is 6.04.